The SMILES string of the molecule is Cc1nc(C(=O)N2CCC[C@@H](C(F)(F)F)C2CCC(=O)c2cccc3occc23)c(-c2ccccc2)s1. The van der Waals surface area contributed by atoms with Gasteiger partial charge in [0, 0.05) is 30.0 Å². The molecule has 1 amide bonds. The highest BCUT2D eigenvalue weighted by Crippen LogP contribution is 2.41. The van der Waals surface area contributed by atoms with Crippen molar-refractivity contribution in [2.75, 3.05) is 6.54 Å². The number of carbonyl (C=O) groups is 2. The van der Waals surface area contributed by atoms with Crippen molar-refractivity contribution >= 4 is 34.0 Å². The van der Waals surface area contributed by atoms with Crippen molar-refractivity contribution < 1.29 is 27.2 Å². The molecule has 1 unspecified atom stereocenters. The highest BCUT2D eigenvalue weighted by Gasteiger charge is 2.49. The second-order valence-electron chi connectivity index (χ2n) is 9.23. The lowest BCUT2D eigenvalue weighted by atomic mass is 9.84. The number of halogens is 3. The Morgan fingerprint density at radius 2 is 1.89 bits per heavy atom. The normalized spacial score (nSPS) is 18.3. The summed E-state index contributed by atoms with van der Waals surface area (Å²) in [4.78, 5) is 33.2. The Labute approximate surface area is 215 Å². The van der Waals surface area contributed by atoms with Gasteiger partial charge in [0.15, 0.2) is 5.78 Å². The van der Waals surface area contributed by atoms with Gasteiger partial charge in [-0.15, -0.1) is 11.3 Å². The van der Waals surface area contributed by atoms with Gasteiger partial charge in [0.1, 0.15) is 11.3 Å². The van der Waals surface area contributed by atoms with Crippen LogP contribution in [0, 0.1) is 12.8 Å². The van der Waals surface area contributed by atoms with Gasteiger partial charge in [0.05, 0.1) is 22.1 Å². The predicted octanol–water partition coefficient (Wildman–Crippen LogP) is 7.31. The molecule has 37 heavy (non-hydrogen) atoms. The van der Waals surface area contributed by atoms with Crippen molar-refractivity contribution in [3.8, 4) is 10.4 Å². The number of rotatable bonds is 6. The zero-order chi connectivity index (χ0) is 26.2. The second kappa shape index (κ2) is 10.1. The van der Waals surface area contributed by atoms with E-state index in [4.69, 9.17) is 4.42 Å². The molecule has 3 heterocycles. The van der Waals surface area contributed by atoms with Crippen LogP contribution >= 0.6 is 11.3 Å². The third-order valence-electron chi connectivity index (χ3n) is 6.90. The minimum atomic E-state index is -4.49. The molecule has 2 aromatic carbocycles. The molecule has 1 aliphatic rings. The highest BCUT2D eigenvalue weighted by atomic mass is 32.1. The molecule has 0 aliphatic carbocycles. The van der Waals surface area contributed by atoms with Crippen molar-refractivity contribution in [3.05, 3.63) is 77.1 Å². The van der Waals surface area contributed by atoms with E-state index in [1.54, 1.807) is 31.2 Å². The first kappa shape index (κ1) is 25.2. The Morgan fingerprint density at radius 3 is 2.65 bits per heavy atom. The summed E-state index contributed by atoms with van der Waals surface area (Å²) in [6.07, 6.45) is -3.07. The average molecular weight is 527 g/mol. The molecular weight excluding hydrogens is 501 g/mol. The van der Waals surface area contributed by atoms with E-state index in [2.05, 4.69) is 4.98 Å². The van der Waals surface area contributed by atoms with E-state index in [1.807, 2.05) is 30.3 Å². The van der Waals surface area contributed by atoms with E-state index in [9.17, 15) is 22.8 Å². The van der Waals surface area contributed by atoms with Crippen LogP contribution in [0.3, 0.4) is 0 Å². The van der Waals surface area contributed by atoms with Crippen molar-refractivity contribution in [3.63, 3.8) is 0 Å². The lowest BCUT2D eigenvalue weighted by molar-refractivity contribution is -0.198. The number of benzene rings is 2. The largest absolute Gasteiger partial charge is 0.464 e. The molecule has 2 aromatic heterocycles. The second-order valence-corrected chi connectivity index (χ2v) is 10.4. The fourth-order valence-electron chi connectivity index (χ4n) is 5.19. The van der Waals surface area contributed by atoms with Crippen LogP contribution in [0.4, 0.5) is 13.2 Å². The number of carbonyl (C=O) groups excluding carboxylic acids is 2. The zero-order valence-electron chi connectivity index (χ0n) is 20.1. The summed E-state index contributed by atoms with van der Waals surface area (Å²) in [5.41, 5.74) is 1.91. The topological polar surface area (TPSA) is 63.4 Å². The van der Waals surface area contributed by atoms with Gasteiger partial charge >= 0.3 is 6.18 Å². The number of piperidine rings is 1. The van der Waals surface area contributed by atoms with Crippen LogP contribution in [0.1, 0.15) is 51.5 Å². The summed E-state index contributed by atoms with van der Waals surface area (Å²) >= 11 is 1.34. The maximum atomic E-state index is 14.1. The summed E-state index contributed by atoms with van der Waals surface area (Å²) in [7, 11) is 0. The molecule has 2 atom stereocenters. The maximum absolute atomic E-state index is 14.1. The van der Waals surface area contributed by atoms with Gasteiger partial charge in [-0.1, -0.05) is 42.5 Å². The molecule has 0 radical (unpaired) electrons. The van der Waals surface area contributed by atoms with Crippen molar-refractivity contribution in [2.24, 2.45) is 5.92 Å². The van der Waals surface area contributed by atoms with Crippen LogP contribution < -0.4 is 0 Å². The van der Waals surface area contributed by atoms with E-state index in [0.29, 0.717) is 26.4 Å². The molecular formula is C28H25F3N2O3S. The van der Waals surface area contributed by atoms with Gasteiger partial charge in [-0.2, -0.15) is 13.2 Å². The molecule has 5 rings (SSSR count). The van der Waals surface area contributed by atoms with Gasteiger partial charge in [-0.05, 0) is 43.9 Å². The zero-order valence-corrected chi connectivity index (χ0v) is 20.9. The number of nitrogens with zero attached hydrogens (tertiary/aromatic N) is 2. The van der Waals surface area contributed by atoms with Crippen molar-refractivity contribution in [2.45, 2.75) is 44.8 Å². The minimum absolute atomic E-state index is 0.0783. The number of aromatic nitrogens is 1. The van der Waals surface area contributed by atoms with Crippen LogP contribution in [0.2, 0.25) is 0 Å². The first-order valence-corrected chi connectivity index (χ1v) is 13.0. The number of thiazole rings is 1. The summed E-state index contributed by atoms with van der Waals surface area (Å²) < 4.78 is 47.8. The molecule has 0 saturated carbocycles. The van der Waals surface area contributed by atoms with Crippen LogP contribution in [-0.2, 0) is 0 Å². The number of fused-ring (bicyclic) bond motifs is 1. The lowest BCUT2D eigenvalue weighted by Gasteiger charge is -2.42. The van der Waals surface area contributed by atoms with Gasteiger partial charge in [-0.3, -0.25) is 9.59 Å². The van der Waals surface area contributed by atoms with Crippen LogP contribution in [0.25, 0.3) is 21.4 Å². The number of furan rings is 1. The molecule has 4 aromatic rings. The molecule has 0 bridgehead atoms. The van der Waals surface area contributed by atoms with E-state index in [1.165, 1.54) is 22.5 Å². The van der Waals surface area contributed by atoms with Crippen molar-refractivity contribution in [1.82, 2.24) is 9.88 Å². The number of aryl methyl sites for hydroxylation is 1. The molecule has 5 nitrogen and oxygen atoms in total. The maximum Gasteiger partial charge on any atom is 0.393 e. The highest BCUT2D eigenvalue weighted by molar-refractivity contribution is 7.15. The molecule has 9 heteroatoms. The first-order chi connectivity index (χ1) is 17.7. The van der Waals surface area contributed by atoms with E-state index < -0.39 is 24.0 Å². The monoisotopic (exact) mass is 526 g/mol. The van der Waals surface area contributed by atoms with E-state index in [0.717, 1.165) is 5.56 Å². The summed E-state index contributed by atoms with van der Waals surface area (Å²) in [5, 5.41) is 1.29. The van der Waals surface area contributed by atoms with Gasteiger partial charge in [-0.25, -0.2) is 4.98 Å². The van der Waals surface area contributed by atoms with Crippen LogP contribution in [0.15, 0.2) is 65.3 Å². The van der Waals surface area contributed by atoms with Crippen LogP contribution in [-0.4, -0.2) is 40.3 Å². The van der Waals surface area contributed by atoms with Gasteiger partial charge in [0.2, 0.25) is 0 Å². The van der Waals surface area contributed by atoms with Gasteiger partial charge in [0.25, 0.3) is 5.91 Å². The first-order valence-electron chi connectivity index (χ1n) is 12.1. The molecule has 1 saturated heterocycles. The molecule has 1 aliphatic heterocycles. The number of Topliss-reactive ketones (excluding diaryl/α,β-unsaturated/α-hetero) is 1. The molecule has 0 N–H and O–H groups in total. The number of likely N-dealkylation sites (tertiary alicyclic amines) is 1. The number of hydrogen-bond donors (Lipinski definition) is 0. The Bertz CT molecular complexity index is 1430. The Kier molecular flexibility index (Phi) is 6.90. The van der Waals surface area contributed by atoms with E-state index in [-0.39, 0.29) is 43.7 Å². The van der Waals surface area contributed by atoms with Crippen molar-refractivity contribution in [1.29, 1.82) is 0 Å². The molecule has 0 spiro atoms. The number of amides is 1. The van der Waals surface area contributed by atoms with E-state index >= 15 is 0 Å². The fraction of sp³-hybridized carbons (Fsp3) is 0.321. The predicted molar refractivity (Wildman–Crippen MR) is 136 cm³/mol. The fourth-order valence-corrected chi connectivity index (χ4v) is 6.11. The number of hydrogen-bond acceptors (Lipinski definition) is 5. The smallest absolute Gasteiger partial charge is 0.393 e. The average Bonchev–Trinajstić information content (AvgIpc) is 3.53. The van der Waals surface area contributed by atoms with Gasteiger partial charge < -0.3 is 9.32 Å². The molecule has 192 valence electrons. The summed E-state index contributed by atoms with van der Waals surface area (Å²) in [5.74, 6) is -2.51. The third-order valence-corrected chi connectivity index (χ3v) is 7.92. The Balaban J connectivity index is 1.45. The standard InChI is InChI=1S/C28H25F3N2O3S/c1-17-32-25(26(37-17)18-7-3-2-4-8-18)27(35)33-15-6-10-21(28(29,30)31)22(33)12-13-23(34)19-9-5-11-24-20(19)14-16-36-24/h2-5,7-9,11,14,16,21-22H,6,10,12-13,15H2,1H3/t21-,22?/m1/s1. The summed E-state index contributed by atoms with van der Waals surface area (Å²) in [6.45, 7) is 1.96. The molecule has 1 fully saturated rings. The third kappa shape index (κ3) is 5.05. The lowest BCUT2D eigenvalue weighted by Crippen LogP contribution is -2.53. The van der Waals surface area contributed by atoms with Crippen LogP contribution in [0.5, 0.6) is 0 Å². The number of alkyl halides is 3. The Morgan fingerprint density at radius 1 is 1.11 bits per heavy atom. The number of ketones is 1. The minimum Gasteiger partial charge on any atom is -0.464 e. The Hall–Kier alpha value is -3.46. The quantitative estimate of drug-likeness (QED) is 0.247. The summed E-state index contributed by atoms with van der Waals surface area (Å²) in [6, 6.07) is 14.8.